The van der Waals surface area contributed by atoms with Crippen LogP contribution in [0, 0.1) is 11.3 Å². The highest BCUT2D eigenvalue weighted by Crippen LogP contribution is 2.34. The van der Waals surface area contributed by atoms with E-state index in [1.54, 1.807) is 30.3 Å². The Morgan fingerprint density at radius 3 is 2.71 bits per heavy atom. The number of nitrogen functional groups attached to an aromatic ring is 1. The topological polar surface area (TPSA) is 71.9 Å². The van der Waals surface area contributed by atoms with E-state index in [1.807, 2.05) is 6.07 Å². The summed E-state index contributed by atoms with van der Waals surface area (Å²) in [6.07, 6.45) is 1.45. The maximum atomic E-state index is 8.61. The van der Waals surface area contributed by atoms with Gasteiger partial charge in [0.2, 0.25) is 0 Å². The lowest BCUT2D eigenvalue weighted by Gasteiger charge is -2.09. The molecule has 0 radical (unpaired) electrons. The van der Waals surface area contributed by atoms with Gasteiger partial charge in [-0.05, 0) is 24.3 Å². The monoisotopic (exact) mass is 245 g/mol. The first-order valence-corrected chi connectivity index (χ1v) is 5.16. The van der Waals surface area contributed by atoms with Crippen molar-refractivity contribution in [1.82, 2.24) is 4.98 Å². The molecule has 2 aromatic rings. The van der Waals surface area contributed by atoms with Gasteiger partial charge in [0.15, 0.2) is 5.75 Å². The van der Waals surface area contributed by atoms with Crippen molar-refractivity contribution < 1.29 is 4.74 Å². The summed E-state index contributed by atoms with van der Waals surface area (Å²) in [5.41, 5.74) is 6.51. The van der Waals surface area contributed by atoms with E-state index in [2.05, 4.69) is 4.98 Å². The van der Waals surface area contributed by atoms with Gasteiger partial charge in [-0.1, -0.05) is 17.7 Å². The van der Waals surface area contributed by atoms with E-state index in [1.165, 1.54) is 6.20 Å². The van der Waals surface area contributed by atoms with Crippen molar-refractivity contribution in [2.75, 3.05) is 5.73 Å². The normalized spacial score (nSPS) is 9.65. The smallest absolute Gasteiger partial charge is 0.168 e. The Hall–Kier alpha value is -2.25. The highest BCUT2D eigenvalue weighted by molar-refractivity contribution is 6.32. The van der Waals surface area contributed by atoms with Crippen LogP contribution in [0.25, 0.3) is 0 Å². The van der Waals surface area contributed by atoms with Gasteiger partial charge in [-0.15, -0.1) is 0 Å². The van der Waals surface area contributed by atoms with Crippen LogP contribution < -0.4 is 10.5 Å². The van der Waals surface area contributed by atoms with Crippen molar-refractivity contribution in [2.45, 2.75) is 0 Å². The zero-order valence-electron chi connectivity index (χ0n) is 8.72. The predicted molar refractivity (Wildman–Crippen MR) is 64.9 cm³/mol. The molecule has 4 nitrogen and oxygen atoms in total. The lowest BCUT2D eigenvalue weighted by molar-refractivity contribution is 0.483. The first-order valence-electron chi connectivity index (χ1n) is 4.78. The summed E-state index contributed by atoms with van der Waals surface area (Å²) >= 11 is 5.96. The fourth-order valence-electron chi connectivity index (χ4n) is 1.26. The molecule has 1 aromatic carbocycles. The van der Waals surface area contributed by atoms with Crippen LogP contribution in [0.4, 0.5) is 5.69 Å². The van der Waals surface area contributed by atoms with Gasteiger partial charge < -0.3 is 10.5 Å². The zero-order valence-corrected chi connectivity index (χ0v) is 9.48. The number of hydrogen-bond donors (Lipinski definition) is 1. The van der Waals surface area contributed by atoms with Gasteiger partial charge in [0.1, 0.15) is 17.5 Å². The standard InChI is InChI=1S/C12H8ClN3O/c13-10-2-1-3-11(15)12(10)17-9-5-4-8(6-14)16-7-9/h1-5,7H,15H2. The van der Waals surface area contributed by atoms with Gasteiger partial charge in [-0.2, -0.15) is 5.26 Å². The van der Waals surface area contributed by atoms with E-state index >= 15 is 0 Å². The van der Waals surface area contributed by atoms with E-state index in [0.29, 0.717) is 27.9 Å². The van der Waals surface area contributed by atoms with Crippen molar-refractivity contribution in [3.8, 4) is 17.6 Å². The number of ether oxygens (including phenoxy) is 1. The molecule has 0 spiro atoms. The lowest BCUT2D eigenvalue weighted by atomic mass is 10.3. The minimum atomic E-state index is 0.324. The third-order valence-electron chi connectivity index (χ3n) is 2.07. The summed E-state index contributed by atoms with van der Waals surface area (Å²) in [5.74, 6) is 0.865. The highest BCUT2D eigenvalue weighted by Gasteiger charge is 2.07. The van der Waals surface area contributed by atoms with Crippen LogP contribution in [0.1, 0.15) is 5.69 Å². The number of benzene rings is 1. The average molecular weight is 246 g/mol. The van der Waals surface area contributed by atoms with E-state index in [-0.39, 0.29) is 0 Å². The second kappa shape index (κ2) is 4.73. The molecule has 0 saturated heterocycles. The van der Waals surface area contributed by atoms with Gasteiger partial charge in [0.25, 0.3) is 0 Å². The van der Waals surface area contributed by atoms with Crippen LogP contribution in [0.3, 0.4) is 0 Å². The molecular weight excluding hydrogens is 238 g/mol. The van der Waals surface area contributed by atoms with E-state index in [0.717, 1.165) is 0 Å². The first-order chi connectivity index (χ1) is 8.20. The molecule has 0 atom stereocenters. The fourth-order valence-corrected chi connectivity index (χ4v) is 1.48. The summed E-state index contributed by atoms with van der Waals surface area (Å²) in [5, 5.41) is 9.04. The molecule has 84 valence electrons. The Kier molecular flexibility index (Phi) is 3.12. The molecule has 0 aliphatic rings. The van der Waals surface area contributed by atoms with Crippen molar-refractivity contribution in [3.05, 3.63) is 47.2 Å². The number of nitriles is 1. The largest absolute Gasteiger partial charge is 0.452 e. The van der Waals surface area contributed by atoms with Crippen LogP contribution in [0.5, 0.6) is 11.5 Å². The summed E-state index contributed by atoms with van der Waals surface area (Å²) in [6, 6.07) is 10.2. The third kappa shape index (κ3) is 2.47. The van der Waals surface area contributed by atoms with Crippen LogP contribution in [0.15, 0.2) is 36.5 Å². The minimum Gasteiger partial charge on any atom is -0.452 e. The number of hydrogen-bond acceptors (Lipinski definition) is 4. The van der Waals surface area contributed by atoms with Crippen molar-refractivity contribution in [2.24, 2.45) is 0 Å². The molecule has 0 unspecified atom stereocenters. The SMILES string of the molecule is N#Cc1ccc(Oc2c(N)cccc2Cl)cn1. The molecule has 0 aliphatic carbocycles. The number of aromatic nitrogens is 1. The van der Waals surface area contributed by atoms with Gasteiger partial charge in [0, 0.05) is 0 Å². The van der Waals surface area contributed by atoms with Gasteiger partial charge in [0.05, 0.1) is 16.9 Å². The minimum absolute atomic E-state index is 0.324. The Labute approximate surface area is 103 Å². The quantitative estimate of drug-likeness (QED) is 0.826. The maximum absolute atomic E-state index is 8.61. The molecule has 5 heteroatoms. The fraction of sp³-hybridized carbons (Fsp3) is 0. The number of halogens is 1. The molecule has 0 aliphatic heterocycles. The van der Waals surface area contributed by atoms with E-state index in [9.17, 15) is 0 Å². The third-order valence-corrected chi connectivity index (χ3v) is 2.37. The molecule has 17 heavy (non-hydrogen) atoms. The number of para-hydroxylation sites is 1. The number of nitrogens with two attached hydrogens (primary N) is 1. The average Bonchev–Trinajstić information content (AvgIpc) is 2.35. The first kappa shape index (κ1) is 11.2. The highest BCUT2D eigenvalue weighted by atomic mass is 35.5. The molecule has 0 amide bonds. The van der Waals surface area contributed by atoms with Crippen molar-refractivity contribution in [1.29, 1.82) is 5.26 Å². The Morgan fingerprint density at radius 1 is 1.29 bits per heavy atom. The van der Waals surface area contributed by atoms with Crippen LogP contribution >= 0.6 is 11.6 Å². The van der Waals surface area contributed by atoms with Crippen LogP contribution in [-0.4, -0.2) is 4.98 Å². The van der Waals surface area contributed by atoms with Gasteiger partial charge in [-0.3, -0.25) is 0 Å². The second-order valence-electron chi connectivity index (χ2n) is 3.25. The molecule has 2 N–H and O–H groups in total. The molecular formula is C12H8ClN3O. The second-order valence-corrected chi connectivity index (χ2v) is 3.66. The van der Waals surface area contributed by atoms with Gasteiger partial charge >= 0.3 is 0 Å². The van der Waals surface area contributed by atoms with Gasteiger partial charge in [-0.25, -0.2) is 4.98 Å². The molecule has 1 heterocycles. The maximum Gasteiger partial charge on any atom is 0.168 e. The number of anilines is 1. The van der Waals surface area contributed by atoms with Crippen molar-refractivity contribution >= 4 is 17.3 Å². The number of pyridine rings is 1. The Morgan fingerprint density at radius 2 is 2.12 bits per heavy atom. The summed E-state index contributed by atoms with van der Waals surface area (Å²) in [6.45, 7) is 0. The molecule has 0 saturated carbocycles. The van der Waals surface area contributed by atoms with E-state index in [4.69, 9.17) is 27.3 Å². The molecule has 0 bridgehead atoms. The number of nitrogens with zero attached hydrogens (tertiary/aromatic N) is 2. The van der Waals surface area contributed by atoms with E-state index < -0.39 is 0 Å². The predicted octanol–water partition coefficient (Wildman–Crippen LogP) is 2.98. The number of rotatable bonds is 2. The molecule has 0 fully saturated rings. The summed E-state index contributed by atoms with van der Waals surface area (Å²) in [7, 11) is 0. The zero-order chi connectivity index (χ0) is 12.3. The van der Waals surface area contributed by atoms with Crippen LogP contribution in [-0.2, 0) is 0 Å². The Balaban J connectivity index is 2.29. The molecule has 1 aromatic heterocycles. The van der Waals surface area contributed by atoms with Crippen molar-refractivity contribution in [3.63, 3.8) is 0 Å². The summed E-state index contributed by atoms with van der Waals surface area (Å²) < 4.78 is 5.51. The van der Waals surface area contributed by atoms with Crippen LogP contribution in [0.2, 0.25) is 5.02 Å². The molecule has 2 rings (SSSR count). The lowest BCUT2D eigenvalue weighted by Crippen LogP contribution is -1.93. The Bertz CT molecular complexity index is 555. The summed E-state index contributed by atoms with van der Waals surface area (Å²) in [4.78, 5) is 3.88.